The third-order valence-corrected chi connectivity index (χ3v) is 5.26. The molecule has 0 spiro atoms. The number of Topliss-reactive ketones (excluding diaryl/α,β-unsaturated/α-hetero) is 1. The Hall–Kier alpha value is -0.650. The first-order valence-corrected chi connectivity index (χ1v) is 7.62. The van der Waals surface area contributed by atoms with Crippen LogP contribution in [-0.2, 0) is 6.42 Å². The van der Waals surface area contributed by atoms with Crippen molar-refractivity contribution in [3.8, 4) is 0 Å². The van der Waals surface area contributed by atoms with Crippen molar-refractivity contribution in [1.29, 1.82) is 0 Å². The van der Waals surface area contributed by atoms with E-state index in [1.54, 1.807) is 28.9 Å². The zero-order valence-corrected chi connectivity index (χ0v) is 11.3. The zero-order valence-electron chi connectivity index (χ0n) is 8.80. The molecule has 0 fully saturated rings. The Morgan fingerprint density at radius 1 is 1.50 bits per heavy atom. The highest BCUT2D eigenvalue weighted by Crippen LogP contribution is 2.23. The van der Waals surface area contributed by atoms with Crippen LogP contribution in [0.3, 0.4) is 0 Å². The average molecular weight is 269 g/mol. The van der Waals surface area contributed by atoms with Gasteiger partial charge >= 0.3 is 0 Å². The summed E-state index contributed by atoms with van der Waals surface area (Å²) in [6.45, 7) is 2.10. The van der Waals surface area contributed by atoms with Gasteiger partial charge in [0.05, 0.1) is 10.6 Å². The molecule has 0 atom stereocenters. The number of thiazole rings is 1. The summed E-state index contributed by atoms with van der Waals surface area (Å²) in [6.07, 6.45) is 2.76. The lowest BCUT2D eigenvalue weighted by atomic mass is 10.3. The monoisotopic (exact) mass is 269 g/mol. The van der Waals surface area contributed by atoms with Crippen LogP contribution in [0.5, 0.6) is 0 Å². The molecule has 0 aliphatic rings. The molecule has 0 aromatic carbocycles. The molecule has 16 heavy (non-hydrogen) atoms. The van der Waals surface area contributed by atoms with Gasteiger partial charge in [-0.15, -0.1) is 22.7 Å². The Balaban J connectivity index is 1.93. The maximum Gasteiger partial charge on any atom is 0.183 e. The molecule has 2 rings (SSSR count). The minimum atomic E-state index is 0.199. The van der Waals surface area contributed by atoms with Crippen LogP contribution >= 0.6 is 34.4 Å². The van der Waals surface area contributed by atoms with Gasteiger partial charge in [0.25, 0.3) is 0 Å². The lowest BCUT2D eigenvalue weighted by Crippen LogP contribution is -1.98. The fourth-order valence-corrected chi connectivity index (χ4v) is 3.70. The van der Waals surface area contributed by atoms with Gasteiger partial charge < -0.3 is 0 Å². The number of thiophene rings is 1. The van der Waals surface area contributed by atoms with Crippen LogP contribution in [-0.4, -0.2) is 16.5 Å². The molecule has 0 radical (unpaired) electrons. The third kappa shape index (κ3) is 2.93. The Kier molecular flexibility index (Phi) is 4.15. The number of thioether (sulfide) groups is 1. The van der Waals surface area contributed by atoms with Gasteiger partial charge in [-0.05, 0) is 18.6 Å². The van der Waals surface area contributed by atoms with Gasteiger partial charge in [0.15, 0.2) is 5.78 Å². The zero-order chi connectivity index (χ0) is 11.4. The fraction of sp³-hybridized carbons (Fsp3) is 0.273. The molecule has 84 valence electrons. The Labute approximate surface area is 107 Å². The van der Waals surface area contributed by atoms with E-state index in [0.29, 0.717) is 5.75 Å². The topological polar surface area (TPSA) is 30.0 Å². The summed E-state index contributed by atoms with van der Waals surface area (Å²) in [5, 5.41) is 1.92. The second-order valence-electron chi connectivity index (χ2n) is 3.13. The second kappa shape index (κ2) is 5.61. The Morgan fingerprint density at radius 2 is 2.38 bits per heavy atom. The van der Waals surface area contributed by atoms with Crippen LogP contribution in [0.1, 0.15) is 21.5 Å². The van der Waals surface area contributed by atoms with Crippen molar-refractivity contribution in [3.63, 3.8) is 0 Å². The standard InChI is InChI=1S/C11H11NOS3/c1-2-8-3-4-10(16-8)9(13)7-15-11-12-5-6-14-11/h3-6H,2,7H2,1H3. The molecule has 0 N–H and O–H groups in total. The van der Waals surface area contributed by atoms with Crippen LogP contribution in [0.25, 0.3) is 0 Å². The van der Waals surface area contributed by atoms with Gasteiger partial charge in [-0.25, -0.2) is 4.98 Å². The molecule has 0 aliphatic heterocycles. The van der Waals surface area contributed by atoms with Crippen molar-refractivity contribution in [3.05, 3.63) is 33.5 Å². The van der Waals surface area contributed by atoms with Gasteiger partial charge in [0.2, 0.25) is 0 Å². The van der Waals surface area contributed by atoms with Gasteiger partial charge in [-0.3, -0.25) is 4.79 Å². The number of ketones is 1. The van der Waals surface area contributed by atoms with Gasteiger partial charge in [0, 0.05) is 16.5 Å². The Bertz CT molecular complexity index is 461. The fourth-order valence-electron chi connectivity index (χ4n) is 1.20. The van der Waals surface area contributed by atoms with Crippen molar-refractivity contribution in [1.82, 2.24) is 4.98 Å². The molecule has 2 aromatic heterocycles. The number of aryl methyl sites for hydroxylation is 1. The van der Waals surface area contributed by atoms with Gasteiger partial charge in [-0.2, -0.15) is 0 Å². The van der Waals surface area contributed by atoms with Crippen LogP contribution in [0.2, 0.25) is 0 Å². The van der Waals surface area contributed by atoms with E-state index in [1.165, 1.54) is 16.6 Å². The molecule has 0 bridgehead atoms. The molecule has 0 amide bonds. The average Bonchev–Trinajstić information content (AvgIpc) is 2.96. The molecule has 2 nitrogen and oxygen atoms in total. The van der Waals surface area contributed by atoms with Crippen molar-refractivity contribution in [2.24, 2.45) is 0 Å². The van der Waals surface area contributed by atoms with E-state index in [1.807, 2.05) is 17.5 Å². The summed E-state index contributed by atoms with van der Waals surface area (Å²) in [4.78, 5) is 18.1. The molecule has 2 aromatic rings. The highest BCUT2D eigenvalue weighted by Gasteiger charge is 2.10. The maximum atomic E-state index is 11.8. The van der Waals surface area contributed by atoms with Crippen molar-refractivity contribution < 1.29 is 4.79 Å². The highest BCUT2D eigenvalue weighted by molar-refractivity contribution is 8.01. The van der Waals surface area contributed by atoms with Crippen LogP contribution < -0.4 is 0 Å². The van der Waals surface area contributed by atoms with E-state index in [4.69, 9.17) is 0 Å². The molecule has 0 saturated heterocycles. The number of hydrogen-bond donors (Lipinski definition) is 0. The number of aromatic nitrogens is 1. The lowest BCUT2D eigenvalue weighted by Gasteiger charge is -1.95. The smallest absolute Gasteiger partial charge is 0.183 e. The van der Waals surface area contributed by atoms with E-state index < -0.39 is 0 Å². The molecule has 2 heterocycles. The second-order valence-corrected chi connectivity index (χ2v) is 6.41. The molecular formula is C11H11NOS3. The first kappa shape index (κ1) is 11.8. The van der Waals surface area contributed by atoms with E-state index in [2.05, 4.69) is 11.9 Å². The summed E-state index contributed by atoms with van der Waals surface area (Å²) in [5.74, 6) is 0.682. The summed E-state index contributed by atoms with van der Waals surface area (Å²) in [7, 11) is 0. The number of rotatable bonds is 5. The van der Waals surface area contributed by atoms with Crippen molar-refractivity contribution in [2.45, 2.75) is 17.7 Å². The molecule has 0 aliphatic carbocycles. The molecular weight excluding hydrogens is 258 g/mol. The lowest BCUT2D eigenvalue weighted by molar-refractivity contribution is 0.102. The van der Waals surface area contributed by atoms with E-state index in [-0.39, 0.29) is 5.78 Å². The predicted molar refractivity (Wildman–Crippen MR) is 70.9 cm³/mol. The molecule has 0 unspecified atom stereocenters. The van der Waals surface area contributed by atoms with Crippen molar-refractivity contribution in [2.75, 3.05) is 5.75 Å². The summed E-state index contributed by atoms with van der Waals surface area (Å²) in [6, 6.07) is 3.96. The van der Waals surface area contributed by atoms with Crippen LogP contribution in [0, 0.1) is 0 Å². The first-order valence-electron chi connectivity index (χ1n) is 4.94. The number of hydrogen-bond acceptors (Lipinski definition) is 5. The number of carbonyl (C=O) groups is 1. The summed E-state index contributed by atoms with van der Waals surface area (Å²) >= 11 is 4.68. The summed E-state index contributed by atoms with van der Waals surface area (Å²) < 4.78 is 0.959. The summed E-state index contributed by atoms with van der Waals surface area (Å²) in [5.41, 5.74) is 0. The predicted octanol–water partition coefficient (Wildman–Crippen LogP) is 3.74. The van der Waals surface area contributed by atoms with Gasteiger partial charge in [-0.1, -0.05) is 18.7 Å². The number of carbonyl (C=O) groups excluding carboxylic acids is 1. The molecule has 5 heteroatoms. The van der Waals surface area contributed by atoms with Crippen LogP contribution in [0.15, 0.2) is 28.0 Å². The number of nitrogens with zero attached hydrogens (tertiary/aromatic N) is 1. The van der Waals surface area contributed by atoms with Gasteiger partial charge in [0.1, 0.15) is 4.34 Å². The SMILES string of the molecule is CCc1ccc(C(=O)CSc2nccs2)s1. The van der Waals surface area contributed by atoms with Crippen LogP contribution in [0.4, 0.5) is 0 Å². The maximum absolute atomic E-state index is 11.8. The quantitative estimate of drug-likeness (QED) is 0.612. The minimum Gasteiger partial charge on any atom is -0.292 e. The van der Waals surface area contributed by atoms with E-state index in [9.17, 15) is 4.79 Å². The minimum absolute atomic E-state index is 0.199. The highest BCUT2D eigenvalue weighted by atomic mass is 32.2. The van der Waals surface area contributed by atoms with E-state index >= 15 is 0 Å². The third-order valence-electron chi connectivity index (χ3n) is 2.02. The largest absolute Gasteiger partial charge is 0.292 e. The van der Waals surface area contributed by atoms with Crippen molar-refractivity contribution >= 4 is 40.2 Å². The normalized spacial score (nSPS) is 10.6. The molecule has 0 saturated carbocycles. The Morgan fingerprint density at radius 3 is 3.00 bits per heavy atom. The van der Waals surface area contributed by atoms with E-state index in [0.717, 1.165) is 15.6 Å². The first-order chi connectivity index (χ1) is 7.79.